The first-order valence-corrected chi connectivity index (χ1v) is 5.76. The molecule has 0 aliphatic heterocycles. The van der Waals surface area contributed by atoms with E-state index in [0.717, 1.165) is 24.8 Å². The SMILES string of the molecule is COC(=O)C1(c2ccc(C)cc2C)CCC1. The van der Waals surface area contributed by atoms with Crippen LogP contribution in [0.2, 0.25) is 0 Å². The molecular formula is C14H18O2. The van der Waals surface area contributed by atoms with E-state index in [-0.39, 0.29) is 11.4 Å². The Labute approximate surface area is 96.6 Å². The summed E-state index contributed by atoms with van der Waals surface area (Å²) >= 11 is 0. The number of hydrogen-bond donors (Lipinski definition) is 0. The van der Waals surface area contributed by atoms with Gasteiger partial charge in [0.25, 0.3) is 0 Å². The van der Waals surface area contributed by atoms with Gasteiger partial charge in [0.1, 0.15) is 0 Å². The number of esters is 1. The summed E-state index contributed by atoms with van der Waals surface area (Å²) in [6.45, 7) is 4.15. The van der Waals surface area contributed by atoms with E-state index in [2.05, 4.69) is 32.0 Å². The minimum absolute atomic E-state index is 0.0781. The van der Waals surface area contributed by atoms with Crippen LogP contribution in [0.5, 0.6) is 0 Å². The van der Waals surface area contributed by atoms with Gasteiger partial charge in [-0.1, -0.05) is 30.2 Å². The average Bonchev–Trinajstić information content (AvgIpc) is 2.19. The van der Waals surface area contributed by atoms with E-state index >= 15 is 0 Å². The molecule has 1 aromatic rings. The summed E-state index contributed by atoms with van der Waals surface area (Å²) in [6.07, 6.45) is 2.95. The van der Waals surface area contributed by atoms with Gasteiger partial charge < -0.3 is 4.74 Å². The predicted octanol–water partition coefficient (Wildman–Crippen LogP) is 2.90. The molecule has 16 heavy (non-hydrogen) atoms. The normalized spacial score (nSPS) is 17.7. The number of benzene rings is 1. The average molecular weight is 218 g/mol. The van der Waals surface area contributed by atoms with Crippen molar-refractivity contribution in [2.45, 2.75) is 38.5 Å². The molecule has 0 radical (unpaired) electrons. The minimum atomic E-state index is -0.355. The highest BCUT2D eigenvalue weighted by molar-refractivity contribution is 5.84. The molecule has 1 aromatic carbocycles. The maximum Gasteiger partial charge on any atom is 0.316 e. The van der Waals surface area contributed by atoms with Crippen molar-refractivity contribution in [1.29, 1.82) is 0 Å². The monoisotopic (exact) mass is 218 g/mol. The van der Waals surface area contributed by atoms with Crippen molar-refractivity contribution in [1.82, 2.24) is 0 Å². The quantitative estimate of drug-likeness (QED) is 0.713. The summed E-state index contributed by atoms with van der Waals surface area (Å²) in [6, 6.07) is 6.30. The zero-order chi connectivity index (χ0) is 11.8. The lowest BCUT2D eigenvalue weighted by atomic mass is 9.63. The summed E-state index contributed by atoms with van der Waals surface area (Å²) in [5, 5.41) is 0. The molecule has 1 saturated carbocycles. The second-order valence-corrected chi connectivity index (χ2v) is 4.75. The summed E-state index contributed by atoms with van der Waals surface area (Å²) in [5.41, 5.74) is 3.23. The largest absolute Gasteiger partial charge is 0.468 e. The zero-order valence-electron chi connectivity index (χ0n) is 10.2. The van der Waals surface area contributed by atoms with Crippen molar-refractivity contribution in [2.75, 3.05) is 7.11 Å². The Morgan fingerprint density at radius 3 is 2.44 bits per heavy atom. The van der Waals surface area contributed by atoms with Crippen molar-refractivity contribution >= 4 is 5.97 Å². The van der Waals surface area contributed by atoms with Crippen molar-refractivity contribution in [3.63, 3.8) is 0 Å². The van der Waals surface area contributed by atoms with Gasteiger partial charge in [-0.25, -0.2) is 0 Å². The third-order valence-corrected chi connectivity index (χ3v) is 3.68. The molecule has 0 amide bonds. The van der Waals surface area contributed by atoms with Gasteiger partial charge in [-0.3, -0.25) is 4.79 Å². The van der Waals surface area contributed by atoms with Crippen LogP contribution in [0.15, 0.2) is 18.2 Å². The molecule has 0 bridgehead atoms. The highest BCUT2D eigenvalue weighted by Gasteiger charge is 2.47. The first-order chi connectivity index (χ1) is 7.60. The van der Waals surface area contributed by atoms with Crippen molar-refractivity contribution in [2.24, 2.45) is 0 Å². The maximum absolute atomic E-state index is 11.9. The van der Waals surface area contributed by atoms with Gasteiger partial charge in [0.2, 0.25) is 0 Å². The number of rotatable bonds is 2. The lowest BCUT2D eigenvalue weighted by Gasteiger charge is -2.40. The molecule has 0 aromatic heterocycles. The molecule has 2 heteroatoms. The number of hydrogen-bond acceptors (Lipinski definition) is 2. The molecule has 86 valence electrons. The van der Waals surface area contributed by atoms with E-state index in [1.54, 1.807) is 0 Å². The van der Waals surface area contributed by atoms with Crippen LogP contribution in [0.3, 0.4) is 0 Å². The van der Waals surface area contributed by atoms with Crippen LogP contribution in [0, 0.1) is 13.8 Å². The Morgan fingerprint density at radius 1 is 1.31 bits per heavy atom. The third-order valence-electron chi connectivity index (χ3n) is 3.68. The van der Waals surface area contributed by atoms with Gasteiger partial charge in [-0.2, -0.15) is 0 Å². The Hall–Kier alpha value is -1.31. The first-order valence-electron chi connectivity index (χ1n) is 5.76. The standard InChI is InChI=1S/C14H18O2/c1-10-5-6-12(11(2)9-10)14(7-4-8-14)13(15)16-3/h5-6,9H,4,7-8H2,1-3H3. The van der Waals surface area contributed by atoms with Gasteiger partial charge in [0.15, 0.2) is 0 Å². The van der Waals surface area contributed by atoms with Crippen LogP contribution in [0.1, 0.15) is 36.0 Å². The van der Waals surface area contributed by atoms with Gasteiger partial charge in [-0.15, -0.1) is 0 Å². The summed E-state index contributed by atoms with van der Waals surface area (Å²) in [7, 11) is 1.48. The number of ether oxygens (including phenoxy) is 1. The van der Waals surface area contributed by atoms with E-state index in [1.807, 2.05) is 0 Å². The molecule has 1 fully saturated rings. The van der Waals surface area contributed by atoms with E-state index in [1.165, 1.54) is 18.2 Å². The molecule has 2 rings (SSSR count). The molecule has 0 unspecified atom stereocenters. The first kappa shape index (κ1) is 11.2. The Balaban J connectivity index is 2.45. The number of aryl methyl sites for hydroxylation is 2. The predicted molar refractivity (Wildman–Crippen MR) is 63.5 cm³/mol. The molecule has 0 atom stereocenters. The third kappa shape index (κ3) is 1.53. The molecule has 1 aliphatic rings. The molecule has 0 saturated heterocycles. The summed E-state index contributed by atoms with van der Waals surface area (Å²) in [5.74, 6) is -0.0781. The van der Waals surface area contributed by atoms with Crippen LogP contribution in [0.4, 0.5) is 0 Å². The smallest absolute Gasteiger partial charge is 0.316 e. The second-order valence-electron chi connectivity index (χ2n) is 4.75. The van der Waals surface area contributed by atoms with Gasteiger partial charge in [-0.05, 0) is 37.8 Å². The highest BCUT2D eigenvalue weighted by atomic mass is 16.5. The topological polar surface area (TPSA) is 26.3 Å². The molecular weight excluding hydrogens is 200 g/mol. The minimum Gasteiger partial charge on any atom is -0.468 e. The molecule has 1 aliphatic carbocycles. The van der Waals surface area contributed by atoms with Crippen molar-refractivity contribution in [3.05, 3.63) is 34.9 Å². The summed E-state index contributed by atoms with van der Waals surface area (Å²) < 4.78 is 4.96. The van der Waals surface area contributed by atoms with Crippen LogP contribution >= 0.6 is 0 Å². The fraction of sp³-hybridized carbons (Fsp3) is 0.500. The Morgan fingerprint density at radius 2 is 2.00 bits per heavy atom. The molecule has 0 heterocycles. The van der Waals surface area contributed by atoms with Crippen LogP contribution < -0.4 is 0 Å². The van der Waals surface area contributed by atoms with Gasteiger partial charge in [0, 0.05) is 0 Å². The number of methoxy groups -OCH3 is 1. The zero-order valence-corrected chi connectivity index (χ0v) is 10.2. The van der Waals surface area contributed by atoms with E-state index in [0.29, 0.717) is 0 Å². The summed E-state index contributed by atoms with van der Waals surface area (Å²) in [4.78, 5) is 11.9. The Bertz CT molecular complexity index is 417. The number of carbonyl (C=O) groups excluding carboxylic acids is 1. The second kappa shape index (κ2) is 3.93. The van der Waals surface area contributed by atoms with E-state index in [9.17, 15) is 4.79 Å². The van der Waals surface area contributed by atoms with Crippen molar-refractivity contribution < 1.29 is 9.53 Å². The highest BCUT2D eigenvalue weighted by Crippen LogP contribution is 2.45. The lowest BCUT2D eigenvalue weighted by molar-refractivity contribution is -0.151. The Kier molecular flexibility index (Phi) is 2.75. The van der Waals surface area contributed by atoms with Crippen LogP contribution in [0.25, 0.3) is 0 Å². The molecule has 0 spiro atoms. The van der Waals surface area contributed by atoms with Crippen LogP contribution in [-0.4, -0.2) is 13.1 Å². The van der Waals surface area contributed by atoms with E-state index < -0.39 is 0 Å². The fourth-order valence-corrected chi connectivity index (χ4v) is 2.66. The maximum atomic E-state index is 11.9. The van der Waals surface area contributed by atoms with E-state index in [4.69, 9.17) is 4.74 Å². The lowest BCUT2D eigenvalue weighted by Crippen LogP contribution is -2.43. The van der Waals surface area contributed by atoms with Gasteiger partial charge >= 0.3 is 5.97 Å². The van der Waals surface area contributed by atoms with Crippen molar-refractivity contribution in [3.8, 4) is 0 Å². The molecule has 0 N–H and O–H groups in total. The molecule has 2 nitrogen and oxygen atoms in total. The number of carbonyl (C=O) groups is 1. The van der Waals surface area contributed by atoms with Crippen LogP contribution in [-0.2, 0) is 14.9 Å². The van der Waals surface area contributed by atoms with Gasteiger partial charge in [0.05, 0.1) is 12.5 Å². The fourth-order valence-electron chi connectivity index (χ4n) is 2.66.